The zero-order valence-electron chi connectivity index (χ0n) is 13.0. The van der Waals surface area contributed by atoms with Crippen LogP contribution in [-0.2, 0) is 0 Å². The lowest BCUT2D eigenvalue weighted by molar-refractivity contribution is -0.884. The van der Waals surface area contributed by atoms with Gasteiger partial charge >= 0.3 is 0 Å². The fourth-order valence-electron chi connectivity index (χ4n) is 2.48. The molecule has 1 fully saturated rings. The van der Waals surface area contributed by atoms with Gasteiger partial charge in [-0.15, -0.1) is 0 Å². The number of rotatable bonds is 4. The quantitative estimate of drug-likeness (QED) is 0.840. The van der Waals surface area contributed by atoms with Crippen molar-refractivity contribution in [3.8, 4) is 0 Å². The molecule has 1 saturated heterocycles. The van der Waals surface area contributed by atoms with E-state index in [9.17, 15) is 0 Å². The molecule has 0 amide bonds. The molecule has 2 aromatic rings. The summed E-state index contributed by atoms with van der Waals surface area (Å²) in [5, 5.41) is 10.1. The van der Waals surface area contributed by atoms with E-state index in [1.807, 2.05) is 24.4 Å². The topological polar surface area (TPSA) is 32.1 Å². The molecule has 114 valence electrons. The van der Waals surface area contributed by atoms with Crippen LogP contribution >= 0.6 is 0 Å². The number of nitrogens with zero attached hydrogens (tertiary/aromatic N) is 2. The lowest BCUT2D eigenvalue weighted by atomic mass is 10.2. The van der Waals surface area contributed by atoms with Crippen molar-refractivity contribution in [2.24, 2.45) is 5.10 Å². The van der Waals surface area contributed by atoms with Gasteiger partial charge in [0.15, 0.2) is 0 Å². The number of likely N-dealkylation sites (N-methyl/N-ethyl adjacent to an activating group) is 1. The third-order valence-electron chi connectivity index (χ3n) is 3.94. The first-order valence-electron chi connectivity index (χ1n) is 7.82. The van der Waals surface area contributed by atoms with E-state index in [0.29, 0.717) is 0 Å². The normalized spacial score (nSPS) is 16.1. The Balaban J connectivity index is 1.57. The molecule has 22 heavy (non-hydrogen) atoms. The van der Waals surface area contributed by atoms with Crippen molar-refractivity contribution < 1.29 is 4.90 Å². The SMILES string of the molecule is C[NH+]1CCN(/N=C\c2ccc(Nc3ccccc3)cc2)CC1. The molecular weight excluding hydrogens is 272 g/mol. The summed E-state index contributed by atoms with van der Waals surface area (Å²) in [6.45, 7) is 4.40. The summed E-state index contributed by atoms with van der Waals surface area (Å²) in [6, 6.07) is 18.6. The molecule has 4 nitrogen and oxygen atoms in total. The molecule has 1 heterocycles. The molecule has 0 spiro atoms. The van der Waals surface area contributed by atoms with E-state index in [2.05, 4.69) is 58.9 Å². The van der Waals surface area contributed by atoms with Crippen molar-refractivity contribution in [1.82, 2.24) is 5.01 Å². The van der Waals surface area contributed by atoms with E-state index in [1.165, 1.54) is 0 Å². The first-order chi connectivity index (χ1) is 10.8. The smallest absolute Gasteiger partial charge is 0.0964 e. The first kappa shape index (κ1) is 14.6. The molecule has 0 aliphatic carbocycles. The number of quaternary nitrogens is 1. The number of para-hydroxylation sites is 1. The molecule has 1 aliphatic rings. The number of piperazine rings is 1. The predicted octanol–water partition coefficient (Wildman–Crippen LogP) is 1.59. The highest BCUT2D eigenvalue weighted by atomic mass is 15.5. The lowest BCUT2D eigenvalue weighted by Gasteiger charge is -2.27. The highest BCUT2D eigenvalue weighted by Gasteiger charge is 2.13. The van der Waals surface area contributed by atoms with Gasteiger partial charge in [0.25, 0.3) is 0 Å². The highest BCUT2D eigenvalue weighted by molar-refractivity contribution is 5.80. The number of anilines is 2. The molecule has 2 aromatic carbocycles. The van der Waals surface area contributed by atoms with Crippen LogP contribution in [-0.4, -0.2) is 44.5 Å². The molecular formula is C18H23N4+. The van der Waals surface area contributed by atoms with Crippen molar-refractivity contribution in [2.45, 2.75) is 0 Å². The van der Waals surface area contributed by atoms with Crippen molar-refractivity contribution in [2.75, 3.05) is 38.5 Å². The van der Waals surface area contributed by atoms with E-state index in [1.54, 1.807) is 4.90 Å². The standard InChI is InChI=1S/C18H22N4/c1-21-11-13-22(14-12-21)19-15-16-7-9-18(10-8-16)20-17-5-3-2-4-6-17/h2-10,15,20H,11-14H2,1H3/p+1/b19-15-. The zero-order valence-corrected chi connectivity index (χ0v) is 13.0. The minimum absolute atomic E-state index is 1.04. The van der Waals surface area contributed by atoms with Gasteiger partial charge < -0.3 is 10.2 Å². The second kappa shape index (κ2) is 7.09. The molecule has 0 aromatic heterocycles. The van der Waals surface area contributed by atoms with Gasteiger partial charge in [-0.25, -0.2) is 0 Å². The Morgan fingerprint density at radius 1 is 0.955 bits per heavy atom. The minimum Gasteiger partial charge on any atom is -0.356 e. The lowest BCUT2D eigenvalue weighted by Crippen LogP contribution is -3.11. The molecule has 0 saturated carbocycles. The maximum absolute atomic E-state index is 4.58. The third-order valence-corrected chi connectivity index (χ3v) is 3.94. The number of benzene rings is 2. The maximum Gasteiger partial charge on any atom is 0.0964 e. The first-order valence-corrected chi connectivity index (χ1v) is 7.82. The van der Waals surface area contributed by atoms with E-state index in [0.717, 1.165) is 43.1 Å². The van der Waals surface area contributed by atoms with E-state index in [-0.39, 0.29) is 0 Å². The van der Waals surface area contributed by atoms with Crippen LogP contribution in [0.15, 0.2) is 59.7 Å². The zero-order chi connectivity index (χ0) is 15.2. The Bertz CT molecular complexity index is 599. The Morgan fingerprint density at radius 3 is 2.27 bits per heavy atom. The molecule has 0 radical (unpaired) electrons. The van der Waals surface area contributed by atoms with Gasteiger partial charge in [0.2, 0.25) is 0 Å². The van der Waals surface area contributed by atoms with Crippen LogP contribution in [0.5, 0.6) is 0 Å². The largest absolute Gasteiger partial charge is 0.356 e. The fraction of sp³-hybridized carbons (Fsp3) is 0.278. The average molecular weight is 295 g/mol. The van der Waals surface area contributed by atoms with Gasteiger partial charge in [-0.2, -0.15) is 5.10 Å². The van der Waals surface area contributed by atoms with Crippen LogP contribution in [0.25, 0.3) is 0 Å². The molecule has 4 heteroatoms. The van der Waals surface area contributed by atoms with E-state index < -0.39 is 0 Å². The number of hydrogen-bond donors (Lipinski definition) is 2. The van der Waals surface area contributed by atoms with Gasteiger partial charge in [-0.1, -0.05) is 30.3 Å². The van der Waals surface area contributed by atoms with Crippen molar-refractivity contribution in [3.63, 3.8) is 0 Å². The van der Waals surface area contributed by atoms with Crippen molar-refractivity contribution in [1.29, 1.82) is 0 Å². The van der Waals surface area contributed by atoms with E-state index >= 15 is 0 Å². The number of hydrogen-bond acceptors (Lipinski definition) is 3. The van der Waals surface area contributed by atoms with Gasteiger partial charge in [-0.05, 0) is 29.8 Å². The van der Waals surface area contributed by atoms with Gasteiger partial charge in [-0.3, -0.25) is 5.01 Å². The van der Waals surface area contributed by atoms with Crippen LogP contribution in [0.4, 0.5) is 11.4 Å². The minimum atomic E-state index is 1.04. The molecule has 2 N–H and O–H groups in total. The van der Waals surface area contributed by atoms with Gasteiger partial charge in [0.1, 0.15) is 0 Å². The molecule has 3 rings (SSSR count). The van der Waals surface area contributed by atoms with E-state index in [4.69, 9.17) is 0 Å². The second-order valence-corrected chi connectivity index (χ2v) is 5.77. The monoisotopic (exact) mass is 295 g/mol. The van der Waals surface area contributed by atoms with Gasteiger partial charge in [0, 0.05) is 11.4 Å². The Labute approximate surface area is 132 Å². The summed E-state index contributed by atoms with van der Waals surface area (Å²) in [6.07, 6.45) is 1.95. The maximum atomic E-state index is 4.58. The highest BCUT2D eigenvalue weighted by Crippen LogP contribution is 2.16. The second-order valence-electron chi connectivity index (χ2n) is 5.77. The predicted molar refractivity (Wildman–Crippen MR) is 92.0 cm³/mol. The number of nitrogens with one attached hydrogen (secondary N) is 2. The third kappa shape index (κ3) is 4.09. The van der Waals surface area contributed by atoms with Crippen LogP contribution in [0, 0.1) is 0 Å². The summed E-state index contributed by atoms with van der Waals surface area (Å²) in [5.41, 5.74) is 3.32. The summed E-state index contributed by atoms with van der Waals surface area (Å²) in [5.74, 6) is 0. The fourth-order valence-corrected chi connectivity index (χ4v) is 2.48. The summed E-state index contributed by atoms with van der Waals surface area (Å²) < 4.78 is 0. The molecule has 0 unspecified atom stereocenters. The Kier molecular flexibility index (Phi) is 4.71. The molecule has 1 aliphatic heterocycles. The average Bonchev–Trinajstić information content (AvgIpc) is 2.57. The Morgan fingerprint density at radius 2 is 1.59 bits per heavy atom. The van der Waals surface area contributed by atoms with Crippen LogP contribution in [0.3, 0.4) is 0 Å². The van der Waals surface area contributed by atoms with Crippen LogP contribution < -0.4 is 10.2 Å². The molecule has 0 bridgehead atoms. The Hall–Kier alpha value is -2.33. The molecule has 0 atom stereocenters. The van der Waals surface area contributed by atoms with Crippen molar-refractivity contribution >= 4 is 17.6 Å². The van der Waals surface area contributed by atoms with Crippen LogP contribution in [0.2, 0.25) is 0 Å². The van der Waals surface area contributed by atoms with Crippen molar-refractivity contribution in [3.05, 3.63) is 60.2 Å². The van der Waals surface area contributed by atoms with Gasteiger partial charge in [0.05, 0.1) is 39.4 Å². The van der Waals surface area contributed by atoms with Crippen LogP contribution in [0.1, 0.15) is 5.56 Å². The summed E-state index contributed by atoms with van der Waals surface area (Å²) in [7, 11) is 2.24. The number of hydrazone groups is 1. The summed E-state index contributed by atoms with van der Waals surface area (Å²) >= 11 is 0. The summed E-state index contributed by atoms with van der Waals surface area (Å²) in [4.78, 5) is 1.59.